The summed E-state index contributed by atoms with van der Waals surface area (Å²) in [7, 11) is 0. The molecule has 0 aromatic carbocycles. The van der Waals surface area contributed by atoms with E-state index in [0.29, 0.717) is 10.8 Å². The Morgan fingerprint density at radius 1 is 1.47 bits per heavy atom. The lowest BCUT2D eigenvalue weighted by Crippen LogP contribution is -2.05. The van der Waals surface area contributed by atoms with Crippen LogP contribution in [-0.2, 0) is 0 Å². The predicted molar refractivity (Wildman–Crippen MR) is 68.8 cm³/mol. The largest absolute Gasteiger partial charge is 0.478 e. The summed E-state index contributed by atoms with van der Waals surface area (Å²) >= 11 is 5.93. The molecule has 0 fully saturated rings. The van der Waals surface area contributed by atoms with Gasteiger partial charge in [0.2, 0.25) is 0 Å². The summed E-state index contributed by atoms with van der Waals surface area (Å²) in [5.74, 6) is -0.470. The highest BCUT2D eigenvalue weighted by Gasteiger charge is 2.07. The van der Waals surface area contributed by atoms with E-state index >= 15 is 0 Å². The number of hydrogen-bond acceptors (Lipinski definition) is 3. The zero-order chi connectivity index (χ0) is 12.7. The molecule has 1 heterocycles. The first kappa shape index (κ1) is 13.8. The van der Waals surface area contributed by atoms with Gasteiger partial charge in [-0.25, -0.2) is 9.78 Å². The van der Waals surface area contributed by atoms with Gasteiger partial charge in [0.05, 0.1) is 10.6 Å². The number of nitrogens with one attached hydrogen (secondary N) is 1. The van der Waals surface area contributed by atoms with E-state index in [1.807, 2.05) is 0 Å². The van der Waals surface area contributed by atoms with Crippen LogP contribution in [0.4, 0.5) is 5.82 Å². The van der Waals surface area contributed by atoms with Crippen molar-refractivity contribution in [1.82, 2.24) is 4.98 Å². The summed E-state index contributed by atoms with van der Waals surface area (Å²) in [6.45, 7) is 2.97. The number of carboxylic acid groups (broad SMARTS) is 1. The van der Waals surface area contributed by atoms with Crippen LogP contribution in [-0.4, -0.2) is 22.6 Å². The van der Waals surface area contributed by atoms with Gasteiger partial charge in [-0.1, -0.05) is 37.8 Å². The lowest BCUT2D eigenvalue weighted by Gasteiger charge is -2.07. The first-order valence-corrected chi connectivity index (χ1v) is 6.15. The fraction of sp³-hybridized carbons (Fsp3) is 0.500. The number of unbranched alkanes of at least 4 members (excludes halogenated alkanes) is 3. The Kier molecular flexibility index (Phi) is 5.77. The molecule has 0 bridgehead atoms. The van der Waals surface area contributed by atoms with Crippen molar-refractivity contribution < 1.29 is 9.90 Å². The average Bonchev–Trinajstić information content (AvgIpc) is 2.30. The minimum Gasteiger partial charge on any atom is -0.478 e. The molecule has 0 saturated heterocycles. The minimum atomic E-state index is -1.02. The second kappa shape index (κ2) is 7.12. The van der Waals surface area contributed by atoms with Crippen molar-refractivity contribution in [3.8, 4) is 0 Å². The van der Waals surface area contributed by atoms with Crippen LogP contribution in [0.2, 0.25) is 5.02 Å². The molecular formula is C12H17ClN2O2. The third kappa shape index (κ3) is 4.61. The molecule has 0 aliphatic rings. The lowest BCUT2D eigenvalue weighted by molar-refractivity contribution is 0.0696. The van der Waals surface area contributed by atoms with Gasteiger partial charge < -0.3 is 10.4 Å². The number of carboxylic acids is 1. The fourth-order valence-corrected chi connectivity index (χ4v) is 1.68. The van der Waals surface area contributed by atoms with Crippen LogP contribution in [0.5, 0.6) is 0 Å². The van der Waals surface area contributed by atoms with Crippen molar-refractivity contribution in [2.45, 2.75) is 32.6 Å². The molecular weight excluding hydrogens is 240 g/mol. The molecule has 0 spiro atoms. The highest BCUT2D eigenvalue weighted by Crippen LogP contribution is 2.20. The Bertz CT molecular complexity index is 383. The quantitative estimate of drug-likeness (QED) is 0.734. The molecule has 0 amide bonds. The van der Waals surface area contributed by atoms with Crippen LogP contribution < -0.4 is 5.32 Å². The van der Waals surface area contributed by atoms with E-state index in [-0.39, 0.29) is 5.56 Å². The highest BCUT2D eigenvalue weighted by atomic mass is 35.5. The summed E-state index contributed by atoms with van der Waals surface area (Å²) in [5, 5.41) is 12.2. The molecule has 0 aliphatic carbocycles. The molecule has 2 N–H and O–H groups in total. The van der Waals surface area contributed by atoms with Crippen molar-refractivity contribution in [2.75, 3.05) is 11.9 Å². The molecule has 1 aromatic rings. The maximum absolute atomic E-state index is 10.7. The molecule has 0 unspecified atom stereocenters. The van der Waals surface area contributed by atoms with Crippen LogP contribution in [0.1, 0.15) is 43.0 Å². The van der Waals surface area contributed by atoms with Crippen molar-refractivity contribution in [3.63, 3.8) is 0 Å². The van der Waals surface area contributed by atoms with Gasteiger partial charge in [0.1, 0.15) is 5.82 Å². The van der Waals surface area contributed by atoms with Crippen molar-refractivity contribution >= 4 is 23.4 Å². The summed E-state index contributed by atoms with van der Waals surface area (Å²) in [6.07, 6.45) is 5.97. The van der Waals surface area contributed by atoms with E-state index in [1.54, 1.807) is 0 Å². The molecule has 1 rings (SSSR count). The van der Waals surface area contributed by atoms with Gasteiger partial charge in [0.15, 0.2) is 0 Å². The number of rotatable bonds is 7. The first-order valence-electron chi connectivity index (χ1n) is 5.78. The number of aromatic nitrogens is 1. The number of nitrogens with zero attached hydrogens (tertiary/aromatic N) is 1. The summed E-state index contributed by atoms with van der Waals surface area (Å²) in [5.41, 5.74) is 0.103. The summed E-state index contributed by atoms with van der Waals surface area (Å²) in [4.78, 5) is 14.7. The number of carbonyl (C=O) groups is 1. The summed E-state index contributed by atoms with van der Waals surface area (Å²) in [6, 6.07) is 1.41. The van der Waals surface area contributed by atoms with E-state index in [2.05, 4.69) is 17.2 Å². The number of halogens is 1. The SMILES string of the molecule is CCCCCCNc1ncc(C(=O)O)cc1Cl. The standard InChI is InChI=1S/C12H17ClN2O2/c1-2-3-4-5-6-14-11-10(13)7-9(8-15-11)12(16)17/h7-8H,2-6H2,1H3,(H,14,15)(H,16,17). The van der Waals surface area contributed by atoms with Crippen LogP contribution >= 0.6 is 11.6 Å². The van der Waals surface area contributed by atoms with Crippen LogP contribution in [0, 0.1) is 0 Å². The van der Waals surface area contributed by atoms with Gasteiger partial charge in [-0.3, -0.25) is 0 Å². The second-order valence-corrected chi connectivity index (χ2v) is 4.25. The van der Waals surface area contributed by atoms with Gasteiger partial charge in [-0.05, 0) is 12.5 Å². The van der Waals surface area contributed by atoms with Gasteiger partial charge in [0, 0.05) is 12.7 Å². The lowest BCUT2D eigenvalue weighted by atomic mass is 10.2. The van der Waals surface area contributed by atoms with E-state index in [0.717, 1.165) is 13.0 Å². The number of hydrogen-bond donors (Lipinski definition) is 2. The normalized spacial score (nSPS) is 10.2. The molecule has 0 saturated carbocycles. The molecule has 0 atom stereocenters. The minimum absolute atomic E-state index is 0.103. The molecule has 5 heteroatoms. The smallest absolute Gasteiger partial charge is 0.337 e. The fourth-order valence-electron chi connectivity index (χ4n) is 1.44. The van der Waals surface area contributed by atoms with Crippen molar-refractivity contribution in [1.29, 1.82) is 0 Å². The van der Waals surface area contributed by atoms with Gasteiger partial charge >= 0.3 is 5.97 Å². The van der Waals surface area contributed by atoms with Crippen molar-refractivity contribution in [3.05, 3.63) is 22.8 Å². The zero-order valence-corrected chi connectivity index (χ0v) is 10.6. The van der Waals surface area contributed by atoms with Gasteiger partial charge in [-0.15, -0.1) is 0 Å². The van der Waals surface area contributed by atoms with Crippen LogP contribution in [0.25, 0.3) is 0 Å². The van der Waals surface area contributed by atoms with Gasteiger partial charge in [0.25, 0.3) is 0 Å². The monoisotopic (exact) mass is 256 g/mol. The maximum atomic E-state index is 10.7. The van der Waals surface area contributed by atoms with E-state index in [4.69, 9.17) is 16.7 Å². The average molecular weight is 257 g/mol. The maximum Gasteiger partial charge on any atom is 0.337 e. The first-order chi connectivity index (χ1) is 8.15. The predicted octanol–water partition coefficient (Wildman–Crippen LogP) is 3.43. The molecule has 4 nitrogen and oxygen atoms in total. The number of aromatic carboxylic acids is 1. The summed E-state index contributed by atoms with van der Waals surface area (Å²) < 4.78 is 0. The second-order valence-electron chi connectivity index (χ2n) is 3.85. The number of anilines is 1. The molecule has 1 aromatic heterocycles. The Morgan fingerprint density at radius 3 is 2.82 bits per heavy atom. The zero-order valence-electron chi connectivity index (χ0n) is 9.87. The van der Waals surface area contributed by atoms with Gasteiger partial charge in [-0.2, -0.15) is 0 Å². The number of pyridine rings is 1. The highest BCUT2D eigenvalue weighted by molar-refractivity contribution is 6.33. The van der Waals surface area contributed by atoms with E-state index in [1.165, 1.54) is 31.5 Å². The molecule has 94 valence electrons. The van der Waals surface area contributed by atoms with Crippen molar-refractivity contribution in [2.24, 2.45) is 0 Å². The Labute approximate surface area is 106 Å². The van der Waals surface area contributed by atoms with E-state index in [9.17, 15) is 4.79 Å². The third-order valence-electron chi connectivity index (χ3n) is 2.41. The Hall–Kier alpha value is -1.29. The van der Waals surface area contributed by atoms with E-state index < -0.39 is 5.97 Å². The Morgan fingerprint density at radius 2 is 2.24 bits per heavy atom. The third-order valence-corrected chi connectivity index (χ3v) is 2.70. The molecule has 17 heavy (non-hydrogen) atoms. The molecule has 0 aliphatic heterocycles. The van der Waals surface area contributed by atoms with Crippen LogP contribution in [0.15, 0.2) is 12.3 Å². The topological polar surface area (TPSA) is 62.2 Å². The molecule has 0 radical (unpaired) electrons. The Balaban J connectivity index is 2.46. The van der Waals surface area contributed by atoms with Crippen LogP contribution in [0.3, 0.4) is 0 Å².